The van der Waals surface area contributed by atoms with Gasteiger partial charge in [-0.25, -0.2) is 13.8 Å². The van der Waals surface area contributed by atoms with Gasteiger partial charge in [0.2, 0.25) is 0 Å². The Labute approximate surface area is 208 Å². The lowest BCUT2D eigenvalue weighted by Gasteiger charge is -2.14. The van der Waals surface area contributed by atoms with Gasteiger partial charge < -0.3 is 14.4 Å². The molecule has 0 saturated heterocycles. The van der Waals surface area contributed by atoms with Crippen molar-refractivity contribution >= 4 is 44.3 Å². The summed E-state index contributed by atoms with van der Waals surface area (Å²) in [7, 11) is 0. The maximum Gasteiger partial charge on any atom is 0.188 e. The summed E-state index contributed by atoms with van der Waals surface area (Å²) in [5.41, 5.74) is 2.32. The molecule has 3 aromatic carbocycles. The summed E-state index contributed by atoms with van der Waals surface area (Å²) in [6, 6.07) is 12.8. The molecule has 1 heterocycles. The number of rotatable bonds is 9. The molecule has 4 rings (SSSR count). The van der Waals surface area contributed by atoms with Crippen molar-refractivity contribution in [2.75, 3.05) is 19.8 Å². The number of fused-ring (bicyclic) bond motifs is 1. The van der Waals surface area contributed by atoms with Crippen molar-refractivity contribution < 1.29 is 23.4 Å². The molecule has 0 unspecified atom stereocenters. The molecule has 0 aliphatic carbocycles. The molecule has 176 valence electrons. The van der Waals surface area contributed by atoms with E-state index in [0.717, 1.165) is 10.0 Å². The number of aliphatic hydroxyl groups excluding tert-OH is 1. The maximum absolute atomic E-state index is 15.8. The topological polar surface area (TPSA) is 64.3 Å². The molecule has 0 aliphatic rings. The molecule has 4 aromatic rings. The van der Waals surface area contributed by atoms with Gasteiger partial charge in [-0.1, -0.05) is 45.7 Å². The predicted octanol–water partition coefficient (Wildman–Crippen LogP) is 5.56. The largest absolute Gasteiger partial charge is 0.394 e. The Balaban J connectivity index is 1.79. The van der Waals surface area contributed by atoms with Gasteiger partial charge in [0.25, 0.3) is 0 Å². The second kappa shape index (κ2) is 10.7. The molecule has 9 heteroatoms. The number of hydrogen-bond acceptors (Lipinski definition) is 4. The molecular formula is C25H20BrClF2N2O3. The van der Waals surface area contributed by atoms with Crippen LogP contribution in [0.15, 0.2) is 59.3 Å². The first-order valence-corrected chi connectivity index (χ1v) is 11.6. The highest BCUT2D eigenvalue weighted by molar-refractivity contribution is 9.10. The van der Waals surface area contributed by atoms with Crippen molar-refractivity contribution in [1.82, 2.24) is 9.55 Å². The number of aliphatic hydroxyl groups is 1. The molecular weight excluding hydrogens is 530 g/mol. The summed E-state index contributed by atoms with van der Waals surface area (Å²) in [4.78, 5) is 17.3. The lowest BCUT2D eigenvalue weighted by Crippen LogP contribution is -2.15. The van der Waals surface area contributed by atoms with E-state index in [9.17, 15) is 9.18 Å². The number of benzene rings is 3. The Morgan fingerprint density at radius 1 is 1.15 bits per heavy atom. The smallest absolute Gasteiger partial charge is 0.188 e. The number of aromatic nitrogens is 2. The summed E-state index contributed by atoms with van der Waals surface area (Å²) in [5, 5.41) is 9.39. The molecule has 0 atom stereocenters. The van der Waals surface area contributed by atoms with Crippen molar-refractivity contribution in [3.63, 3.8) is 0 Å². The van der Waals surface area contributed by atoms with Gasteiger partial charge in [-0.2, -0.15) is 0 Å². The zero-order valence-electron chi connectivity index (χ0n) is 17.9. The number of imidazole rings is 1. The zero-order valence-corrected chi connectivity index (χ0v) is 20.2. The fourth-order valence-corrected chi connectivity index (χ4v) is 4.43. The van der Waals surface area contributed by atoms with Crippen LogP contribution in [0.5, 0.6) is 0 Å². The monoisotopic (exact) mass is 548 g/mol. The average Bonchev–Trinajstić information content (AvgIpc) is 3.21. The van der Waals surface area contributed by atoms with Crippen LogP contribution in [0.25, 0.3) is 11.0 Å². The lowest BCUT2D eigenvalue weighted by molar-refractivity contribution is 0.0663. The molecule has 5 nitrogen and oxygen atoms in total. The Morgan fingerprint density at radius 2 is 1.91 bits per heavy atom. The minimum absolute atomic E-state index is 0.00710. The van der Waals surface area contributed by atoms with Crippen LogP contribution in [0.2, 0.25) is 5.02 Å². The maximum atomic E-state index is 15.8. The summed E-state index contributed by atoms with van der Waals surface area (Å²) in [6.07, 6.45) is 1.57. The number of ether oxygens (including phenoxy) is 1. The van der Waals surface area contributed by atoms with Gasteiger partial charge in [0.15, 0.2) is 11.6 Å². The highest BCUT2D eigenvalue weighted by atomic mass is 79.9. The van der Waals surface area contributed by atoms with Gasteiger partial charge in [-0.05, 0) is 41.5 Å². The first-order valence-electron chi connectivity index (χ1n) is 10.4. The van der Waals surface area contributed by atoms with Crippen LogP contribution in [0.1, 0.15) is 27.0 Å². The van der Waals surface area contributed by atoms with Crippen molar-refractivity contribution in [3.8, 4) is 0 Å². The van der Waals surface area contributed by atoms with Crippen LogP contribution in [-0.2, 0) is 17.7 Å². The van der Waals surface area contributed by atoms with E-state index < -0.39 is 11.6 Å². The molecule has 34 heavy (non-hydrogen) atoms. The molecule has 1 N–H and O–H groups in total. The van der Waals surface area contributed by atoms with E-state index >= 15 is 4.39 Å². The van der Waals surface area contributed by atoms with Crippen LogP contribution in [0.4, 0.5) is 8.78 Å². The van der Waals surface area contributed by atoms with E-state index in [0.29, 0.717) is 22.6 Å². The number of nitrogens with zero attached hydrogens (tertiary/aromatic N) is 2. The van der Waals surface area contributed by atoms with Gasteiger partial charge >= 0.3 is 0 Å². The highest BCUT2D eigenvalue weighted by Crippen LogP contribution is 2.30. The van der Waals surface area contributed by atoms with Crippen LogP contribution in [0, 0.1) is 11.6 Å². The Bertz CT molecular complexity index is 1340. The predicted molar refractivity (Wildman–Crippen MR) is 129 cm³/mol. The van der Waals surface area contributed by atoms with Crippen LogP contribution in [0.3, 0.4) is 0 Å². The molecule has 1 aromatic heterocycles. The van der Waals surface area contributed by atoms with Gasteiger partial charge in [0.1, 0.15) is 17.9 Å². The van der Waals surface area contributed by atoms with Crippen molar-refractivity contribution in [1.29, 1.82) is 0 Å². The number of carbonyl (C=O) groups excluding carboxylic acids is 1. The molecule has 0 bridgehead atoms. The van der Waals surface area contributed by atoms with Gasteiger partial charge in [0, 0.05) is 33.6 Å². The Kier molecular flexibility index (Phi) is 7.73. The molecule has 0 radical (unpaired) electrons. The van der Waals surface area contributed by atoms with Crippen LogP contribution < -0.4 is 0 Å². The van der Waals surface area contributed by atoms with E-state index in [1.165, 1.54) is 18.5 Å². The van der Waals surface area contributed by atoms with Gasteiger partial charge in [-0.15, -0.1) is 0 Å². The number of Topliss-reactive ketones (excluding diaryl/α,β-unsaturated/α-hetero) is 1. The molecule has 0 aliphatic heterocycles. The van der Waals surface area contributed by atoms with Gasteiger partial charge in [0.05, 0.1) is 25.1 Å². The van der Waals surface area contributed by atoms with Crippen molar-refractivity contribution in [3.05, 3.63) is 98.2 Å². The average molecular weight is 550 g/mol. The van der Waals surface area contributed by atoms with Crippen molar-refractivity contribution in [2.45, 2.75) is 13.0 Å². The highest BCUT2D eigenvalue weighted by Gasteiger charge is 2.22. The Morgan fingerprint density at radius 3 is 2.62 bits per heavy atom. The fourth-order valence-electron chi connectivity index (χ4n) is 3.69. The number of hydrogen-bond donors (Lipinski definition) is 1. The third-order valence-corrected chi connectivity index (χ3v) is 6.22. The normalized spacial score (nSPS) is 11.3. The third kappa shape index (κ3) is 5.36. The summed E-state index contributed by atoms with van der Waals surface area (Å²) >= 11 is 9.71. The quantitative estimate of drug-likeness (QED) is 0.219. The van der Waals surface area contributed by atoms with E-state index in [1.807, 2.05) is 0 Å². The SMILES string of the molecule is O=C(COCCO)c1cc2c(ncn2Cc2ccc(F)cc2)c(F)c1Cc1ccc(Br)cc1Cl. The van der Waals surface area contributed by atoms with Crippen LogP contribution in [-0.4, -0.2) is 40.3 Å². The van der Waals surface area contributed by atoms with Crippen LogP contribution >= 0.6 is 27.5 Å². The summed E-state index contributed by atoms with van der Waals surface area (Å²) in [5.74, 6) is -1.39. The molecule has 0 spiro atoms. The first kappa shape index (κ1) is 24.5. The minimum atomic E-state index is -0.611. The minimum Gasteiger partial charge on any atom is -0.394 e. The summed E-state index contributed by atoms with van der Waals surface area (Å²) in [6.45, 7) is -0.221. The molecule has 0 amide bonds. The summed E-state index contributed by atoms with van der Waals surface area (Å²) < 4.78 is 36.7. The second-order valence-electron chi connectivity index (χ2n) is 7.70. The molecule has 0 saturated carbocycles. The van der Waals surface area contributed by atoms with Crippen molar-refractivity contribution in [2.24, 2.45) is 0 Å². The Hall–Kier alpha value is -2.65. The second-order valence-corrected chi connectivity index (χ2v) is 9.02. The van der Waals surface area contributed by atoms with Gasteiger partial charge in [-0.3, -0.25) is 4.79 Å². The van der Waals surface area contributed by atoms with E-state index in [-0.39, 0.29) is 48.7 Å². The number of carbonyl (C=O) groups is 1. The lowest BCUT2D eigenvalue weighted by atomic mass is 9.95. The third-order valence-electron chi connectivity index (χ3n) is 5.38. The molecule has 0 fully saturated rings. The zero-order chi connectivity index (χ0) is 24.2. The fraction of sp³-hybridized carbons (Fsp3) is 0.200. The van der Waals surface area contributed by atoms with E-state index in [4.69, 9.17) is 21.4 Å². The van der Waals surface area contributed by atoms with E-state index in [2.05, 4.69) is 20.9 Å². The number of ketones is 1. The number of halogens is 4. The van der Waals surface area contributed by atoms with E-state index in [1.54, 1.807) is 41.0 Å². The first-order chi connectivity index (χ1) is 16.4. The standard InChI is InChI=1S/C25H20BrClF2N2O3/c26-17-4-3-16(21(27)10-17)9-20-19(23(33)13-34-8-7-32)11-22-25(24(20)29)30-14-31(22)12-15-1-5-18(28)6-2-15/h1-6,10-11,14,32H,7-9,12-13H2.